The number of fused-ring (bicyclic) bond motifs is 3. The first kappa shape index (κ1) is 25.9. The fraction of sp³-hybridized carbons (Fsp3) is 0.941. The van der Waals surface area contributed by atoms with Crippen molar-refractivity contribution >= 4 is 40.0 Å². The number of halogens is 4. The fourth-order valence-electron chi connectivity index (χ4n) is 4.17. The number of piperidine rings is 1. The lowest BCUT2D eigenvalue weighted by atomic mass is 9.98. The molecule has 4 aliphatic heterocycles. The van der Waals surface area contributed by atoms with Gasteiger partial charge in [-0.1, -0.05) is 0 Å². The molecule has 0 spiro atoms. The number of hydrogen-bond donors (Lipinski definition) is 2. The van der Waals surface area contributed by atoms with Crippen molar-refractivity contribution in [2.24, 2.45) is 10.9 Å². The summed E-state index contributed by atoms with van der Waals surface area (Å²) in [4.78, 5) is 9.56. The maximum atomic E-state index is 12.7. The van der Waals surface area contributed by atoms with Crippen molar-refractivity contribution in [2.45, 2.75) is 31.3 Å². The first-order chi connectivity index (χ1) is 13.7. The zero-order valence-electron chi connectivity index (χ0n) is 17.2. The Kier molecular flexibility index (Phi) is 9.46. The number of guanidine groups is 1. The highest BCUT2D eigenvalue weighted by atomic mass is 127. The average molecular weight is 568 g/mol. The summed E-state index contributed by atoms with van der Waals surface area (Å²) < 4.78 is 61.6. The summed E-state index contributed by atoms with van der Waals surface area (Å²) in [6.45, 7) is 9.25. The molecule has 4 heterocycles. The maximum Gasteiger partial charge on any atom is 0.511 e. The van der Waals surface area contributed by atoms with Crippen LogP contribution in [0.1, 0.15) is 19.8 Å². The van der Waals surface area contributed by atoms with E-state index < -0.39 is 15.5 Å². The average Bonchev–Trinajstić information content (AvgIpc) is 2.70. The molecule has 0 radical (unpaired) electrons. The zero-order chi connectivity index (χ0) is 21.1. The van der Waals surface area contributed by atoms with E-state index in [0.29, 0.717) is 42.2 Å². The van der Waals surface area contributed by atoms with Crippen LogP contribution in [0, 0.1) is 5.92 Å². The Morgan fingerprint density at radius 2 is 1.70 bits per heavy atom. The molecule has 4 rings (SSSR count). The number of nitrogens with zero attached hydrogens (tertiary/aromatic N) is 4. The molecule has 0 aromatic carbocycles. The third-order valence-corrected chi connectivity index (χ3v) is 7.59. The lowest BCUT2D eigenvalue weighted by Crippen LogP contribution is -2.63. The van der Waals surface area contributed by atoms with Gasteiger partial charge in [-0.3, -0.25) is 14.8 Å². The maximum absolute atomic E-state index is 12.7. The lowest BCUT2D eigenvalue weighted by molar-refractivity contribution is -0.0496. The Morgan fingerprint density at radius 3 is 2.20 bits per heavy atom. The van der Waals surface area contributed by atoms with Crippen LogP contribution in [-0.4, -0.2) is 105 Å². The van der Waals surface area contributed by atoms with E-state index in [4.69, 9.17) is 0 Å². The van der Waals surface area contributed by atoms with Gasteiger partial charge in [-0.2, -0.15) is 17.5 Å². The SMILES string of the molecule is CCNC(=NCC1CCN(S(=O)(=O)C(F)(F)F)CC1)NCC1CN2CCN1CC2.I. The Balaban J connectivity index is 0.00000320. The van der Waals surface area contributed by atoms with Crippen LogP contribution in [0.15, 0.2) is 4.99 Å². The molecule has 0 amide bonds. The molecule has 0 aromatic heterocycles. The van der Waals surface area contributed by atoms with Crippen molar-refractivity contribution < 1.29 is 21.6 Å². The summed E-state index contributed by atoms with van der Waals surface area (Å²) in [5, 5.41) is 6.59. The molecular weight excluding hydrogens is 536 g/mol. The molecule has 30 heavy (non-hydrogen) atoms. The molecule has 13 heteroatoms. The van der Waals surface area contributed by atoms with E-state index >= 15 is 0 Å². The van der Waals surface area contributed by atoms with Gasteiger partial charge in [0, 0.05) is 71.5 Å². The van der Waals surface area contributed by atoms with Crippen LogP contribution in [-0.2, 0) is 10.0 Å². The normalized spacial score (nSPS) is 28.8. The smallest absolute Gasteiger partial charge is 0.357 e. The molecule has 8 nitrogen and oxygen atoms in total. The molecule has 4 saturated heterocycles. The summed E-state index contributed by atoms with van der Waals surface area (Å²) >= 11 is 0. The number of sulfonamides is 1. The van der Waals surface area contributed by atoms with Crippen LogP contribution in [0.2, 0.25) is 0 Å². The Bertz CT molecular complexity index is 677. The zero-order valence-corrected chi connectivity index (χ0v) is 20.3. The summed E-state index contributed by atoms with van der Waals surface area (Å²) in [6, 6.07) is 0.456. The molecule has 2 bridgehead atoms. The lowest BCUT2D eigenvalue weighted by Gasteiger charge is -2.47. The van der Waals surface area contributed by atoms with Crippen LogP contribution >= 0.6 is 24.0 Å². The van der Waals surface area contributed by atoms with E-state index in [1.165, 1.54) is 0 Å². The highest BCUT2D eigenvalue weighted by molar-refractivity contribution is 14.0. The summed E-state index contributed by atoms with van der Waals surface area (Å²) in [5.41, 5.74) is -5.23. The molecular formula is C17H32F3IN6O2S. The van der Waals surface area contributed by atoms with Crippen LogP contribution in [0.4, 0.5) is 13.2 Å². The quantitative estimate of drug-likeness (QED) is 0.280. The molecule has 4 aliphatic rings. The van der Waals surface area contributed by atoms with Crippen molar-refractivity contribution in [3.63, 3.8) is 0 Å². The van der Waals surface area contributed by atoms with Gasteiger partial charge >= 0.3 is 15.5 Å². The molecule has 0 aromatic rings. The molecule has 0 saturated carbocycles. The number of nitrogens with one attached hydrogen (secondary N) is 2. The standard InChI is InChI=1S/C17H31F3N6O2S.HI/c1-2-21-16(23-12-15-13-24-7-9-25(15)10-8-24)22-11-14-3-5-26(6-4-14)29(27,28)17(18,19)20;/h14-15H,2-13H2,1H3,(H2,21,22,23);1H. The number of hydrogen-bond acceptors (Lipinski definition) is 5. The fourth-order valence-corrected chi connectivity index (χ4v) is 5.16. The van der Waals surface area contributed by atoms with Gasteiger partial charge in [0.05, 0.1) is 0 Å². The van der Waals surface area contributed by atoms with E-state index in [2.05, 4.69) is 25.4 Å². The molecule has 0 aliphatic carbocycles. The Labute approximate surface area is 193 Å². The second-order valence-corrected chi connectivity index (χ2v) is 9.81. The third-order valence-electron chi connectivity index (χ3n) is 5.96. The predicted molar refractivity (Wildman–Crippen MR) is 120 cm³/mol. The summed E-state index contributed by atoms with van der Waals surface area (Å²) in [6.07, 6.45) is 0.757. The van der Waals surface area contributed by atoms with E-state index in [1.54, 1.807) is 0 Å². The van der Waals surface area contributed by atoms with Crippen LogP contribution in [0.25, 0.3) is 0 Å². The largest absolute Gasteiger partial charge is 0.511 e. The van der Waals surface area contributed by atoms with Gasteiger partial charge in [-0.05, 0) is 25.7 Å². The van der Waals surface area contributed by atoms with Crippen molar-refractivity contribution in [2.75, 3.05) is 65.4 Å². The molecule has 1 unspecified atom stereocenters. The minimum atomic E-state index is -5.23. The first-order valence-corrected chi connectivity index (χ1v) is 11.7. The second kappa shape index (κ2) is 11.0. The summed E-state index contributed by atoms with van der Waals surface area (Å²) in [7, 11) is -5.22. The van der Waals surface area contributed by atoms with Crippen LogP contribution in [0.3, 0.4) is 0 Å². The van der Waals surface area contributed by atoms with Gasteiger partial charge in [0.1, 0.15) is 0 Å². The molecule has 2 N–H and O–H groups in total. The van der Waals surface area contributed by atoms with E-state index in [9.17, 15) is 21.6 Å². The van der Waals surface area contributed by atoms with Crippen LogP contribution in [0.5, 0.6) is 0 Å². The number of piperazine rings is 3. The number of alkyl halides is 3. The monoisotopic (exact) mass is 568 g/mol. The van der Waals surface area contributed by atoms with Crippen molar-refractivity contribution in [3.8, 4) is 0 Å². The second-order valence-electron chi connectivity index (χ2n) is 7.88. The highest BCUT2D eigenvalue weighted by Crippen LogP contribution is 2.30. The van der Waals surface area contributed by atoms with Crippen molar-refractivity contribution in [3.05, 3.63) is 0 Å². The van der Waals surface area contributed by atoms with Gasteiger partial charge in [0.25, 0.3) is 0 Å². The number of aliphatic imine (C=N–C) groups is 1. The topological polar surface area (TPSA) is 80.3 Å². The van der Waals surface area contributed by atoms with E-state index in [-0.39, 0.29) is 43.0 Å². The van der Waals surface area contributed by atoms with Crippen LogP contribution < -0.4 is 10.6 Å². The highest BCUT2D eigenvalue weighted by Gasteiger charge is 2.50. The minimum absolute atomic E-state index is 0. The summed E-state index contributed by atoms with van der Waals surface area (Å²) in [5.74, 6) is 0.779. The Hall–Kier alpha value is -0.380. The third kappa shape index (κ3) is 6.33. The minimum Gasteiger partial charge on any atom is -0.357 e. The van der Waals surface area contributed by atoms with Gasteiger partial charge in [-0.25, -0.2) is 8.42 Å². The van der Waals surface area contributed by atoms with Gasteiger partial charge in [-0.15, -0.1) is 24.0 Å². The van der Waals surface area contributed by atoms with E-state index in [0.717, 1.165) is 39.3 Å². The van der Waals surface area contributed by atoms with E-state index in [1.807, 2.05) is 6.92 Å². The Morgan fingerprint density at radius 1 is 1.07 bits per heavy atom. The van der Waals surface area contributed by atoms with Gasteiger partial charge in [0.2, 0.25) is 0 Å². The van der Waals surface area contributed by atoms with Gasteiger partial charge < -0.3 is 10.6 Å². The van der Waals surface area contributed by atoms with Crippen molar-refractivity contribution in [1.82, 2.24) is 24.7 Å². The first-order valence-electron chi connectivity index (χ1n) is 10.3. The molecule has 1 atom stereocenters. The molecule has 4 fully saturated rings. The van der Waals surface area contributed by atoms with Crippen molar-refractivity contribution in [1.29, 1.82) is 0 Å². The van der Waals surface area contributed by atoms with Gasteiger partial charge in [0.15, 0.2) is 5.96 Å². The molecule has 176 valence electrons. The number of rotatable bonds is 6. The predicted octanol–water partition coefficient (Wildman–Crippen LogP) is 0.721.